The number of carbonyl (C=O) groups excluding carboxylic acids is 2. The summed E-state index contributed by atoms with van der Waals surface area (Å²) >= 11 is 0. The van der Waals surface area contributed by atoms with E-state index in [0.29, 0.717) is 24.5 Å². The molecule has 0 aliphatic carbocycles. The van der Waals surface area contributed by atoms with Crippen LogP contribution in [-0.2, 0) is 14.3 Å². The van der Waals surface area contributed by atoms with Crippen LogP contribution in [0.15, 0.2) is 10.6 Å². The van der Waals surface area contributed by atoms with Gasteiger partial charge in [0.25, 0.3) is 0 Å². The Bertz CT molecular complexity index is 599. The van der Waals surface area contributed by atoms with Crippen molar-refractivity contribution in [1.82, 2.24) is 10.1 Å². The molecule has 2 N–H and O–H groups in total. The summed E-state index contributed by atoms with van der Waals surface area (Å²) in [6.07, 6.45) is 5.59. The van der Waals surface area contributed by atoms with Crippen molar-refractivity contribution in [3.63, 3.8) is 0 Å². The van der Waals surface area contributed by atoms with Gasteiger partial charge in [0.2, 0.25) is 11.8 Å². The van der Waals surface area contributed by atoms with Gasteiger partial charge in [-0.2, -0.15) is 0 Å². The second-order valence-electron chi connectivity index (χ2n) is 7.46. The monoisotopic (exact) mass is 395 g/mol. The standard InChI is InChI=1S/C20H34N4O4/c1-3-4-5-6-8-20(26)24(10-7-9-23-11-13-27-14-12-23)16-19(25)21-18-15-17(2)28-22-18/h15H,3-14,16H2,1-2H3,(H,21,22,25)/p+1. The smallest absolute Gasteiger partial charge is 0.245 e. The largest absolute Gasteiger partial charge is 0.370 e. The van der Waals surface area contributed by atoms with Crippen LogP contribution in [0.5, 0.6) is 0 Å². The molecule has 0 unspecified atom stereocenters. The first-order valence-corrected chi connectivity index (χ1v) is 10.5. The van der Waals surface area contributed by atoms with Crippen molar-refractivity contribution in [3.8, 4) is 0 Å². The minimum absolute atomic E-state index is 0.0525. The van der Waals surface area contributed by atoms with Gasteiger partial charge in [-0.05, 0) is 13.3 Å². The van der Waals surface area contributed by atoms with Crippen molar-refractivity contribution in [3.05, 3.63) is 11.8 Å². The molecule has 0 bridgehead atoms. The molecule has 0 aromatic carbocycles. The molecule has 1 saturated heterocycles. The quantitative estimate of drug-likeness (QED) is 0.516. The zero-order valence-electron chi connectivity index (χ0n) is 17.3. The molecule has 2 heterocycles. The van der Waals surface area contributed by atoms with Crippen LogP contribution in [0.25, 0.3) is 0 Å². The first-order chi connectivity index (χ1) is 13.6. The van der Waals surface area contributed by atoms with Crippen LogP contribution < -0.4 is 10.2 Å². The number of rotatable bonds is 12. The van der Waals surface area contributed by atoms with Crippen molar-refractivity contribution < 1.29 is 23.7 Å². The summed E-state index contributed by atoms with van der Waals surface area (Å²) in [6, 6.07) is 1.66. The van der Waals surface area contributed by atoms with Crippen molar-refractivity contribution >= 4 is 17.6 Å². The predicted molar refractivity (Wildman–Crippen MR) is 106 cm³/mol. The Kier molecular flexibility index (Phi) is 9.99. The van der Waals surface area contributed by atoms with E-state index in [1.807, 2.05) is 0 Å². The molecule has 0 saturated carbocycles. The van der Waals surface area contributed by atoms with Crippen LogP contribution in [0, 0.1) is 6.92 Å². The molecule has 28 heavy (non-hydrogen) atoms. The second kappa shape index (κ2) is 12.5. The summed E-state index contributed by atoms with van der Waals surface area (Å²) in [5.41, 5.74) is 0. The van der Waals surface area contributed by atoms with E-state index >= 15 is 0 Å². The molecule has 158 valence electrons. The minimum atomic E-state index is -0.242. The third-order valence-electron chi connectivity index (χ3n) is 4.99. The van der Waals surface area contributed by atoms with Crippen LogP contribution in [-0.4, -0.2) is 67.8 Å². The van der Waals surface area contributed by atoms with E-state index in [0.717, 1.165) is 65.0 Å². The van der Waals surface area contributed by atoms with E-state index in [1.165, 1.54) is 4.90 Å². The first kappa shape index (κ1) is 22.4. The molecule has 0 spiro atoms. The van der Waals surface area contributed by atoms with E-state index in [-0.39, 0.29) is 18.4 Å². The lowest BCUT2D eigenvalue weighted by molar-refractivity contribution is -0.908. The van der Waals surface area contributed by atoms with Crippen molar-refractivity contribution in [2.45, 2.75) is 52.4 Å². The van der Waals surface area contributed by atoms with Crippen LogP contribution in [0.3, 0.4) is 0 Å². The molecule has 0 atom stereocenters. The number of anilines is 1. The van der Waals surface area contributed by atoms with Gasteiger partial charge in [0.1, 0.15) is 18.8 Å². The summed E-state index contributed by atoms with van der Waals surface area (Å²) in [6.45, 7) is 9.19. The predicted octanol–water partition coefficient (Wildman–Crippen LogP) is 1.03. The number of carbonyl (C=O) groups is 2. The topological polar surface area (TPSA) is 89.1 Å². The maximum Gasteiger partial charge on any atom is 0.245 e. The highest BCUT2D eigenvalue weighted by atomic mass is 16.5. The van der Waals surface area contributed by atoms with Gasteiger partial charge < -0.3 is 24.4 Å². The molecule has 1 aliphatic heterocycles. The second-order valence-corrected chi connectivity index (χ2v) is 7.46. The fraction of sp³-hybridized carbons (Fsp3) is 0.750. The van der Waals surface area contributed by atoms with Crippen LogP contribution in [0.1, 0.15) is 51.2 Å². The summed E-state index contributed by atoms with van der Waals surface area (Å²) in [7, 11) is 0. The summed E-state index contributed by atoms with van der Waals surface area (Å²) in [5, 5.41) is 6.48. The number of quaternary nitrogens is 1. The third-order valence-corrected chi connectivity index (χ3v) is 4.99. The van der Waals surface area contributed by atoms with Gasteiger partial charge in [0.15, 0.2) is 5.82 Å². The van der Waals surface area contributed by atoms with Gasteiger partial charge in [-0.1, -0.05) is 31.3 Å². The Balaban J connectivity index is 1.82. The van der Waals surface area contributed by atoms with E-state index < -0.39 is 0 Å². The Morgan fingerprint density at radius 2 is 2.00 bits per heavy atom. The number of morpholine rings is 1. The normalized spacial score (nSPS) is 14.8. The van der Waals surface area contributed by atoms with E-state index in [9.17, 15) is 9.59 Å². The van der Waals surface area contributed by atoms with Crippen LogP contribution in [0.4, 0.5) is 5.82 Å². The molecule has 8 heteroatoms. The number of ether oxygens (including phenoxy) is 1. The molecular weight excluding hydrogens is 360 g/mol. The average molecular weight is 396 g/mol. The number of amides is 2. The molecule has 1 fully saturated rings. The number of hydrogen-bond acceptors (Lipinski definition) is 5. The molecule has 1 aromatic heterocycles. The van der Waals surface area contributed by atoms with E-state index in [4.69, 9.17) is 9.26 Å². The Morgan fingerprint density at radius 1 is 1.21 bits per heavy atom. The molecule has 2 rings (SSSR count). The summed E-state index contributed by atoms with van der Waals surface area (Å²) < 4.78 is 10.4. The zero-order valence-corrected chi connectivity index (χ0v) is 17.3. The molecule has 0 radical (unpaired) electrons. The van der Waals surface area contributed by atoms with Crippen molar-refractivity contribution in [2.75, 3.05) is 51.3 Å². The Morgan fingerprint density at radius 3 is 2.68 bits per heavy atom. The number of nitrogens with one attached hydrogen (secondary N) is 2. The molecule has 8 nitrogen and oxygen atoms in total. The fourth-order valence-electron chi connectivity index (χ4n) is 3.36. The maximum absolute atomic E-state index is 12.7. The Hall–Kier alpha value is -1.93. The highest BCUT2D eigenvalue weighted by Gasteiger charge is 2.19. The number of unbranched alkanes of at least 4 members (excludes halogenated alkanes) is 3. The van der Waals surface area contributed by atoms with Gasteiger partial charge >= 0.3 is 0 Å². The highest BCUT2D eigenvalue weighted by molar-refractivity contribution is 5.93. The van der Waals surface area contributed by atoms with E-state index in [1.54, 1.807) is 17.9 Å². The molecule has 1 aliphatic rings. The lowest BCUT2D eigenvalue weighted by atomic mass is 10.1. The number of aromatic nitrogens is 1. The van der Waals surface area contributed by atoms with Gasteiger partial charge in [0, 0.05) is 25.5 Å². The molecular formula is C20H35N4O4+. The summed E-state index contributed by atoms with van der Waals surface area (Å²) in [4.78, 5) is 28.2. The SMILES string of the molecule is CCCCCCC(=O)N(CCC[NH+]1CCOCC1)CC(=O)Nc1cc(C)on1. The summed E-state index contributed by atoms with van der Waals surface area (Å²) in [5.74, 6) is 0.830. The third kappa shape index (κ3) is 8.39. The van der Waals surface area contributed by atoms with Gasteiger partial charge in [-0.15, -0.1) is 0 Å². The van der Waals surface area contributed by atoms with Crippen LogP contribution in [0.2, 0.25) is 0 Å². The molecule has 2 amide bonds. The Labute approximate surface area is 167 Å². The average Bonchev–Trinajstić information content (AvgIpc) is 3.09. The fourth-order valence-corrected chi connectivity index (χ4v) is 3.36. The van der Waals surface area contributed by atoms with Gasteiger partial charge in [-0.25, -0.2) is 0 Å². The van der Waals surface area contributed by atoms with Crippen LogP contribution >= 0.6 is 0 Å². The maximum atomic E-state index is 12.7. The lowest BCUT2D eigenvalue weighted by Crippen LogP contribution is -3.14. The minimum Gasteiger partial charge on any atom is -0.370 e. The molecule has 1 aromatic rings. The number of aryl methyl sites for hydroxylation is 1. The highest BCUT2D eigenvalue weighted by Crippen LogP contribution is 2.09. The van der Waals surface area contributed by atoms with Gasteiger partial charge in [-0.3, -0.25) is 9.59 Å². The zero-order chi connectivity index (χ0) is 20.2. The van der Waals surface area contributed by atoms with E-state index in [2.05, 4.69) is 17.4 Å². The number of hydrogen-bond donors (Lipinski definition) is 2. The van der Waals surface area contributed by atoms with Crippen molar-refractivity contribution in [1.29, 1.82) is 0 Å². The van der Waals surface area contributed by atoms with Crippen molar-refractivity contribution in [2.24, 2.45) is 0 Å². The number of nitrogens with zero attached hydrogens (tertiary/aromatic N) is 2. The van der Waals surface area contributed by atoms with Gasteiger partial charge in [0.05, 0.1) is 26.3 Å². The lowest BCUT2D eigenvalue weighted by Gasteiger charge is -2.26. The first-order valence-electron chi connectivity index (χ1n) is 10.5.